The van der Waals surface area contributed by atoms with Crippen molar-refractivity contribution in [3.63, 3.8) is 0 Å². The minimum Gasteiger partial charge on any atom is -0.484 e. The smallest absolute Gasteiger partial charge is 0.258 e. The zero-order valence-corrected chi connectivity index (χ0v) is 15.8. The minimum absolute atomic E-state index is 0.0950. The van der Waals surface area contributed by atoms with Crippen LogP contribution in [0.2, 0.25) is 0 Å². The number of carbonyl (C=O) groups is 2. The van der Waals surface area contributed by atoms with Crippen molar-refractivity contribution in [2.24, 2.45) is 0 Å². The molecule has 0 aliphatic carbocycles. The van der Waals surface area contributed by atoms with Gasteiger partial charge in [-0.2, -0.15) is 0 Å². The monoisotopic (exact) mass is 354 g/mol. The Bertz CT molecular complexity index is 747. The highest BCUT2D eigenvalue weighted by molar-refractivity contribution is 5.95. The van der Waals surface area contributed by atoms with Gasteiger partial charge in [0, 0.05) is 5.69 Å². The highest BCUT2D eigenvalue weighted by atomic mass is 16.5. The van der Waals surface area contributed by atoms with Crippen LogP contribution in [0.3, 0.4) is 0 Å². The molecule has 0 heterocycles. The Hall–Kier alpha value is -2.82. The van der Waals surface area contributed by atoms with Gasteiger partial charge >= 0.3 is 0 Å². The molecule has 2 rings (SSSR count). The molecule has 5 nitrogen and oxygen atoms in total. The summed E-state index contributed by atoms with van der Waals surface area (Å²) in [4.78, 5) is 23.9. The average molecular weight is 354 g/mol. The van der Waals surface area contributed by atoms with E-state index in [0.29, 0.717) is 11.7 Å². The van der Waals surface area contributed by atoms with Crippen molar-refractivity contribution in [2.75, 3.05) is 18.5 Å². The molecule has 0 aromatic heterocycles. The number of nitrogens with one attached hydrogen (secondary N) is 2. The molecule has 2 aromatic rings. The highest BCUT2D eigenvalue weighted by Gasteiger charge is 2.09. The summed E-state index contributed by atoms with van der Waals surface area (Å²) in [6.45, 7) is 7.87. The lowest BCUT2D eigenvalue weighted by molar-refractivity contribution is -0.125. The van der Waals surface area contributed by atoms with E-state index in [-0.39, 0.29) is 25.0 Å². The summed E-state index contributed by atoms with van der Waals surface area (Å²) in [7, 11) is 0. The van der Waals surface area contributed by atoms with Gasteiger partial charge in [-0.05, 0) is 48.6 Å². The van der Waals surface area contributed by atoms with Gasteiger partial charge < -0.3 is 15.4 Å². The van der Waals surface area contributed by atoms with E-state index in [2.05, 4.69) is 24.5 Å². The molecular formula is C21H26N2O3. The quantitative estimate of drug-likeness (QED) is 0.799. The van der Waals surface area contributed by atoms with Crippen molar-refractivity contribution in [1.29, 1.82) is 0 Å². The zero-order valence-electron chi connectivity index (χ0n) is 15.8. The Balaban J connectivity index is 1.77. The van der Waals surface area contributed by atoms with Gasteiger partial charge in [-0.3, -0.25) is 9.59 Å². The molecule has 0 saturated carbocycles. The summed E-state index contributed by atoms with van der Waals surface area (Å²) in [6.07, 6.45) is 0. The largest absolute Gasteiger partial charge is 0.484 e. The fourth-order valence-corrected chi connectivity index (χ4v) is 2.52. The van der Waals surface area contributed by atoms with Crippen molar-refractivity contribution in [3.05, 3.63) is 59.2 Å². The van der Waals surface area contributed by atoms with E-state index < -0.39 is 0 Å². The molecule has 0 bridgehead atoms. The van der Waals surface area contributed by atoms with Gasteiger partial charge in [0.15, 0.2) is 6.61 Å². The molecule has 5 heteroatoms. The molecule has 2 N–H and O–H groups in total. The number of carbonyl (C=O) groups excluding carboxylic acids is 2. The number of aryl methyl sites for hydroxylation is 2. The first kappa shape index (κ1) is 19.5. The molecule has 0 aliphatic rings. The third-order valence-corrected chi connectivity index (χ3v) is 4.11. The summed E-state index contributed by atoms with van der Waals surface area (Å²) < 4.78 is 5.45. The fourth-order valence-electron chi connectivity index (χ4n) is 2.52. The number of ether oxygens (including phenoxy) is 1. The van der Waals surface area contributed by atoms with Gasteiger partial charge in [0.2, 0.25) is 5.91 Å². The lowest BCUT2D eigenvalue weighted by Gasteiger charge is -2.12. The summed E-state index contributed by atoms with van der Waals surface area (Å²) in [5.41, 5.74) is 3.97. The first-order chi connectivity index (χ1) is 12.4. The fraction of sp³-hybridized carbons (Fsp3) is 0.333. The number of anilines is 1. The Morgan fingerprint density at radius 1 is 0.962 bits per heavy atom. The van der Waals surface area contributed by atoms with Crippen LogP contribution in [0, 0.1) is 13.8 Å². The van der Waals surface area contributed by atoms with Crippen molar-refractivity contribution in [2.45, 2.75) is 33.6 Å². The zero-order chi connectivity index (χ0) is 19.1. The van der Waals surface area contributed by atoms with E-state index in [9.17, 15) is 9.59 Å². The number of para-hydroxylation sites is 1. The van der Waals surface area contributed by atoms with Gasteiger partial charge in [-0.25, -0.2) is 0 Å². The first-order valence-electron chi connectivity index (χ1n) is 8.72. The standard InChI is InChI=1S/C21H26N2O3/c1-14(2)17-8-10-18(11-9-17)26-13-20(25)22-12-19(24)23-21-15(3)6-5-7-16(21)4/h5-11,14H,12-13H2,1-4H3,(H,22,25)(H,23,24). The molecule has 2 aromatic carbocycles. The molecule has 0 unspecified atom stereocenters. The molecule has 0 fully saturated rings. The van der Waals surface area contributed by atoms with Crippen LogP contribution in [0.15, 0.2) is 42.5 Å². The molecular weight excluding hydrogens is 328 g/mol. The molecule has 0 atom stereocenters. The predicted molar refractivity (Wildman–Crippen MR) is 104 cm³/mol. The molecule has 26 heavy (non-hydrogen) atoms. The van der Waals surface area contributed by atoms with E-state index in [4.69, 9.17) is 4.74 Å². The van der Waals surface area contributed by atoms with Crippen molar-refractivity contribution in [1.82, 2.24) is 5.32 Å². The van der Waals surface area contributed by atoms with Gasteiger partial charge in [-0.1, -0.05) is 44.2 Å². The van der Waals surface area contributed by atoms with E-state index in [1.807, 2.05) is 56.3 Å². The van der Waals surface area contributed by atoms with Crippen LogP contribution in [0.1, 0.15) is 36.5 Å². The van der Waals surface area contributed by atoms with Crippen LogP contribution in [0.5, 0.6) is 5.75 Å². The Morgan fingerprint density at radius 3 is 2.15 bits per heavy atom. The molecule has 0 aliphatic heterocycles. The van der Waals surface area contributed by atoms with Crippen molar-refractivity contribution in [3.8, 4) is 5.75 Å². The van der Waals surface area contributed by atoms with E-state index >= 15 is 0 Å². The molecule has 138 valence electrons. The number of hydrogen-bond acceptors (Lipinski definition) is 3. The second kappa shape index (κ2) is 9.04. The summed E-state index contributed by atoms with van der Waals surface area (Å²) in [5.74, 6) is 0.471. The number of rotatable bonds is 7. The maximum Gasteiger partial charge on any atom is 0.258 e. The second-order valence-corrected chi connectivity index (χ2v) is 6.60. The molecule has 0 saturated heterocycles. The topological polar surface area (TPSA) is 67.4 Å². The summed E-state index contributed by atoms with van der Waals surface area (Å²) in [6, 6.07) is 13.4. The molecule has 0 radical (unpaired) electrons. The number of amides is 2. The predicted octanol–water partition coefficient (Wildman–Crippen LogP) is 3.56. The maximum absolute atomic E-state index is 12.0. The summed E-state index contributed by atoms with van der Waals surface area (Å²) >= 11 is 0. The third-order valence-electron chi connectivity index (χ3n) is 4.11. The van der Waals surface area contributed by atoms with Crippen LogP contribution in [0.4, 0.5) is 5.69 Å². The lowest BCUT2D eigenvalue weighted by Crippen LogP contribution is -2.36. The average Bonchev–Trinajstić information content (AvgIpc) is 2.61. The normalized spacial score (nSPS) is 10.5. The van der Waals surface area contributed by atoms with Crippen LogP contribution in [-0.4, -0.2) is 25.0 Å². The van der Waals surface area contributed by atoms with Crippen molar-refractivity contribution < 1.29 is 14.3 Å². The lowest BCUT2D eigenvalue weighted by atomic mass is 10.0. The Morgan fingerprint density at radius 2 is 1.58 bits per heavy atom. The second-order valence-electron chi connectivity index (χ2n) is 6.60. The first-order valence-corrected chi connectivity index (χ1v) is 8.72. The van der Waals surface area contributed by atoms with Gasteiger partial charge in [0.25, 0.3) is 5.91 Å². The maximum atomic E-state index is 12.0. The third kappa shape index (κ3) is 5.62. The number of hydrogen-bond donors (Lipinski definition) is 2. The van der Waals surface area contributed by atoms with Crippen LogP contribution >= 0.6 is 0 Å². The molecule has 2 amide bonds. The Labute approximate surface area is 154 Å². The van der Waals surface area contributed by atoms with E-state index in [0.717, 1.165) is 16.8 Å². The van der Waals surface area contributed by atoms with Crippen molar-refractivity contribution >= 4 is 17.5 Å². The van der Waals surface area contributed by atoms with Crippen LogP contribution in [0.25, 0.3) is 0 Å². The highest BCUT2D eigenvalue weighted by Crippen LogP contribution is 2.19. The van der Waals surface area contributed by atoms with Crippen LogP contribution < -0.4 is 15.4 Å². The SMILES string of the molecule is Cc1cccc(C)c1NC(=O)CNC(=O)COc1ccc(C(C)C)cc1. The van der Waals surface area contributed by atoms with Crippen LogP contribution in [-0.2, 0) is 9.59 Å². The summed E-state index contributed by atoms with van der Waals surface area (Å²) in [5, 5.41) is 5.40. The Kier molecular flexibility index (Phi) is 6.78. The van der Waals surface area contributed by atoms with E-state index in [1.165, 1.54) is 5.56 Å². The number of benzene rings is 2. The van der Waals surface area contributed by atoms with E-state index in [1.54, 1.807) is 0 Å². The van der Waals surface area contributed by atoms with Gasteiger partial charge in [0.1, 0.15) is 5.75 Å². The molecule has 0 spiro atoms. The van der Waals surface area contributed by atoms with Gasteiger partial charge in [0.05, 0.1) is 6.54 Å². The van der Waals surface area contributed by atoms with Gasteiger partial charge in [-0.15, -0.1) is 0 Å². The minimum atomic E-state index is -0.338.